The van der Waals surface area contributed by atoms with Gasteiger partial charge in [0, 0.05) is 19.6 Å². The van der Waals surface area contributed by atoms with E-state index in [1.165, 1.54) is 19.3 Å². The number of β-amino-alcohol motifs (C(OH)–C–C–N with tert-alkyl or cyclic N) is 1. The molecule has 1 atom stereocenters. The molecule has 138 valence electrons. The number of piperidine rings is 1. The van der Waals surface area contributed by atoms with Crippen LogP contribution in [0.2, 0.25) is 0 Å². The van der Waals surface area contributed by atoms with Crippen LogP contribution in [0.3, 0.4) is 0 Å². The van der Waals surface area contributed by atoms with Gasteiger partial charge in [0.1, 0.15) is 0 Å². The summed E-state index contributed by atoms with van der Waals surface area (Å²) in [5, 5.41) is 15.6. The molecule has 0 radical (unpaired) electrons. The van der Waals surface area contributed by atoms with Crippen LogP contribution in [0.1, 0.15) is 24.8 Å². The van der Waals surface area contributed by atoms with E-state index in [0.717, 1.165) is 30.2 Å². The fourth-order valence-corrected chi connectivity index (χ4v) is 3.19. The molecule has 0 unspecified atom stereocenters. The maximum Gasteiger partial charge on any atom is 0.314 e. The number of carbonyl (C=O) groups excluding carboxylic acids is 1. The minimum atomic E-state index is -0.530. The predicted octanol–water partition coefficient (Wildman–Crippen LogP) is 1.10. The summed E-state index contributed by atoms with van der Waals surface area (Å²) in [5.41, 5.74) is 1.08. The number of hydrogen-bond donors (Lipinski definition) is 3. The Kier molecular flexibility index (Phi) is 6.36. The number of hydrogen-bond acceptors (Lipinski definition) is 5. The van der Waals surface area contributed by atoms with Gasteiger partial charge in [-0.25, -0.2) is 4.79 Å². The first-order valence-electron chi connectivity index (χ1n) is 9.01. The number of aliphatic hydroxyl groups is 1. The van der Waals surface area contributed by atoms with E-state index in [9.17, 15) is 9.90 Å². The second-order valence-corrected chi connectivity index (χ2v) is 6.59. The molecule has 0 saturated carbocycles. The molecule has 0 bridgehead atoms. The fourth-order valence-electron chi connectivity index (χ4n) is 3.19. The van der Waals surface area contributed by atoms with Crippen LogP contribution in [0.4, 0.5) is 4.79 Å². The summed E-state index contributed by atoms with van der Waals surface area (Å²) in [7, 11) is 0. The van der Waals surface area contributed by atoms with Crippen molar-refractivity contribution in [2.24, 2.45) is 0 Å². The van der Waals surface area contributed by atoms with E-state index in [0.29, 0.717) is 19.5 Å². The Morgan fingerprint density at radius 2 is 1.96 bits per heavy atom. The van der Waals surface area contributed by atoms with E-state index in [1.807, 2.05) is 18.2 Å². The Labute approximate surface area is 148 Å². The zero-order valence-corrected chi connectivity index (χ0v) is 14.5. The number of ether oxygens (including phenoxy) is 2. The summed E-state index contributed by atoms with van der Waals surface area (Å²) in [4.78, 5) is 14.1. The maximum absolute atomic E-state index is 11.8. The summed E-state index contributed by atoms with van der Waals surface area (Å²) >= 11 is 0. The van der Waals surface area contributed by atoms with E-state index in [1.54, 1.807) is 0 Å². The molecule has 3 N–H and O–H groups in total. The number of likely N-dealkylation sites (tertiary alicyclic amines) is 1. The topological polar surface area (TPSA) is 83.1 Å². The van der Waals surface area contributed by atoms with E-state index >= 15 is 0 Å². The largest absolute Gasteiger partial charge is 0.454 e. The summed E-state index contributed by atoms with van der Waals surface area (Å²) in [5.74, 6) is 1.51. The van der Waals surface area contributed by atoms with Crippen LogP contribution in [0.25, 0.3) is 0 Å². The maximum atomic E-state index is 11.8. The molecule has 1 aromatic carbocycles. The van der Waals surface area contributed by atoms with Crippen LogP contribution in [0, 0.1) is 0 Å². The Bertz CT molecular complexity index is 575. The summed E-state index contributed by atoms with van der Waals surface area (Å²) in [6, 6.07) is 5.53. The lowest BCUT2D eigenvalue weighted by Gasteiger charge is -2.28. The van der Waals surface area contributed by atoms with E-state index < -0.39 is 6.10 Å². The third-order valence-corrected chi connectivity index (χ3v) is 4.55. The lowest BCUT2D eigenvalue weighted by Crippen LogP contribution is -2.45. The molecular formula is C18H27N3O4. The van der Waals surface area contributed by atoms with Gasteiger partial charge in [-0.2, -0.15) is 0 Å². The third-order valence-electron chi connectivity index (χ3n) is 4.55. The summed E-state index contributed by atoms with van der Waals surface area (Å²) in [6.45, 7) is 3.76. The molecule has 0 aromatic heterocycles. The lowest BCUT2D eigenvalue weighted by atomic mass is 10.1. The van der Waals surface area contributed by atoms with Crippen LogP contribution < -0.4 is 20.1 Å². The van der Waals surface area contributed by atoms with Crippen LogP contribution in [0.5, 0.6) is 11.5 Å². The summed E-state index contributed by atoms with van der Waals surface area (Å²) < 4.78 is 10.6. The molecule has 1 saturated heterocycles. The normalized spacial score (nSPS) is 18.0. The predicted molar refractivity (Wildman–Crippen MR) is 94.0 cm³/mol. The molecular weight excluding hydrogens is 322 g/mol. The second kappa shape index (κ2) is 8.92. The fraction of sp³-hybridized carbons (Fsp3) is 0.611. The Hall–Kier alpha value is -1.99. The Morgan fingerprint density at radius 1 is 1.16 bits per heavy atom. The number of rotatable bonds is 7. The van der Waals surface area contributed by atoms with E-state index in [-0.39, 0.29) is 19.4 Å². The third kappa shape index (κ3) is 5.51. The van der Waals surface area contributed by atoms with Crippen LogP contribution in [-0.4, -0.2) is 61.7 Å². The number of fused-ring (bicyclic) bond motifs is 1. The van der Waals surface area contributed by atoms with Crippen LogP contribution >= 0.6 is 0 Å². The molecule has 7 nitrogen and oxygen atoms in total. The highest BCUT2D eigenvalue weighted by molar-refractivity contribution is 5.73. The van der Waals surface area contributed by atoms with Crippen molar-refractivity contribution in [2.45, 2.75) is 31.8 Å². The smallest absolute Gasteiger partial charge is 0.314 e. The number of aliphatic hydroxyl groups excluding tert-OH is 1. The van der Waals surface area contributed by atoms with Crippen molar-refractivity contribution in [3.63, 3.8) is 0 Å². The highest BCUT2D eigenvalue weighted by Gasteiger charge is 2.15. The van der Waals surface area contributed by atoms with Crippen molar-refractivity contribution in [3.8, 4) is 11.5 Å². The van der Waals surface area contributed by atoms with Gasteiger partial charge in [-0.15, -0.1) is 0 Å². The lowest BCUT2D eigenvalue weighted by molar-refractivity contribution is 0.101. The highest BCUT2D eigenvalue weighted by atomic mass is 16.7. The van der Waals surface area contributed by atoms with Gasteiger partial charge < -0.3 is 30.1 Å². The second-order valence-electron chi connectivity index (χ2n) is 6.59. The van der Waals surface area contributed by atoms with Crippen molar-refractivity contribution < 1.29 is 19.4 Å². The standard InChI is InChI=1S/C18H27N3O4/c22-15(12-21-8-2-1-3-9-21)11-20-18(23)19-7-6-14-4-5-16-17(10-14)25-13-24-16/h4-5,10,15,22H,1-3,6-9,11-13H2,(H2,19,20,23)/t15-/m0/s1. The number of amides is 2. The minimum absolute atomic E-state index is 0.251. The van der Waals surface area contributed by atoms with Gasteiger partial charge in [-0.1, -0.05) is 12.5 Å². The average molecular weight is 349 g/mol. The number of benzene rings is 1. The first-order valence-corrected chi connectivity index (χ1v) is 9.01. The number of nitrogens with one attached hydrogen (secondary N) is 2. The zero-order chi connectivity index (χ0) is 17.5. The first kappa shape index (κ1) is 17.8. The highest BCUT2D eigenvalue weighted by Crippen LogP contribution is 2.32. The number of urea groups is 1. The molecule has 0 spiro atoms. The van der Waals surface area contributed by atoms with Crippen LogP contribution in [-0.2, 0) is 6.42 Å². The Balaban J connectivity index is 1.30. The molecule has 3 rings (SSSR count). The van der Waals surface area contributed by atoms with Gasteiger partial charge >= 0.3 is 6.03 Å². The SMILES string of the molecule is O=C(NCCc1ccc2c(c1)OCO2)NC[C@H](O)CN1CCCCC1. The van der Waals surface area contributed by atoms with Crippen molar-refractivity contribution in [1.82, 2.24) is 15.5 Å². The van der Waals surface area contributed by atoms with Gasteiger partial charge in [-0.05, 0) is 50.0 Å². The number of carbonyl (C=O) groups is 1. The molecule has 2 aliphatic rings. The molecule has 1 fully saturated rings. The van der Waals surface area contributed by atoms with Crippen molar-refractivity contribution in [3.05, 3.63) is 23.8 Å². The van der Waals surface area contributed by atoms with Gasteiger partial charge in [0.25, 0.3) is 0 Å². The molecule has 7 heteroatoms. The van der Waals surface area contributed by atoms with Crippen molar-refractivity contribution in [2.75, 3.05) is 39.5 Å². The van der Waals surface area contributed by atoms with Crippen molar-refractivity contribution in [1.29, 1.82) is 0 Å². The zero-order valence-electron chi connectivity index (χ0n) is 14.5. The molecule has 25 heavy (non-hydrogen) atoms. The molecule has 1 aromatic rings. The minimum Gasteiger partial charge on any atom is -0.454 e. The Morgan fingerprint density at radius 3 is 2.80 bits per heavy atom. The molecule has 2 amide bonds. The average Bonchev–Trinajstić information content (AvgIpc) is 3.09. The van der Waals surface area contributed by atoms with Gasteiger partial charge in [0.15, 0.2) is 11.5 Å². The van der Waals surface area contributed by atoms with Gasteiger partial charge in [0.2, 0.25) is 6.79 Å². The van der Waals surface area contributed by atoms with E-state index in [2.05, 4.69) is 15.5 Å². The summed E-state index contributed by atoms with van der Waals surface area (Å²) in [6.07, 6.45) is 3.84. The first-order chi connectivity index (χ1) is 12.2. The van der Waals surface area contributed by atoms with Gasteiger partial charge in [-0.3, -0.25) is 0 Å². The molecule has 0 aliphatic carbocycles. The quantitative estimate of drug-likeness (QED) is 0.687. The van der Waals surface area contributed by atoms with Crippen LogP contribution in [0.15, 0.2) is 18.2 Å². The monoisotopic (exact) mass is 349 g/mol. The van der Waals surface area contributed by atoms with Crippen molar-refractivity contribution >= 4 is 6.03 Å². The molecule has 2 aliphatic heterocycles. The number of nitrogens with zero attached hydrogens (tertiary/aromatic N) is 1. The van der Waals surface area contributed by atoms with E-state index in [4.69, 9.17) is 9.47 Å². The molecule has 2 heterocycles. The van der Waals surface area contributed by atoms with Gasteiger partial charge in [0.05, 0.1) is 6.10 Å².